The van der Waals surface area contributed by atoms with Crippen LogP contribution in [0.25, 0.3) is 0 Å². The summed E-state index contributed by atoms with van der Waals surface area (Å²) in [5.74, 6) is 0. The predicted molar refractivity (Wildman–Crippen MR) is 31.1 cm³/mol. The van der Waals surface area contributed by atoms with Gasteiger partial charge < -0.3 is 4.55 Å². The first-order valence-electron chi connectivity index (χ1n) is 2.17. The Hall–Kier alpha value is -0.810. The zero-order valence-electron chi connectivity index (χ0n) is 4.39. The van der Waals surface area contributed by atoms with Crippen LogP contribution in [0.4, 0.5) is 0 Å². The largest absolute Gasteiger partial charge is 0.301 e. The molecular weight excluding hydrogens is 140 g/mol. The van der Waals surface area contributed by atoms with Crippen LogP contribution in [0.2, 0.25) is 0 Å². The average Bonchev–Trinajstić information content (AvgIpc) is 1.90. The van der Waals surface area contributed by atoms with Gasteiger partial charge >= 0.3 is 0 Å². The summed E-state index contributed by atoms with van der Waals surface area (Å²) in [6.45, 7) is 0. The smallest absolute Gasteiger partial charge is 0.205 e. The third-order valence-electron chi connectivity index (χ3n) is 0.734. The van der Waals surface area contributed by atoms with Gasteiger partial charge in [-0.1, -0.05) is 0 Å². The number of aromatic nitrogens is 2. The summed E-state index contributed by atoms with van der Waals surface area (Å²) in [6.07, 6.45) is 2.64. The number of rotatable bonds is 1. The molecule has 0 radical (unpaired) electrons. The maximum Gasteiger partial charge on any atom is 0.205 e. The predicted octanol–water partition coefficient (Wildman–Crippen LogP) is 0.0572. The number of hydrogen-bond donors (Lipinski definition) is 1. The van der Waals surface area contributed by atoms with Gasteiger partial charge in [-0.05, 0) is 6.07 Å². The molecule has 1 N–H and O–H groups in total. The van der Waals surface area contributed by atoms with Crippen LogP contribution in [0.1, 0.15) is 0 Å². The molecule has 0 fully saturated rings. The highest BCUT2D eigenvalue weighted by Crippen LogP contribution is 1.93. The Labute approximate surface area is 54.2 Å². The van der Waals surface area contributed by atoms with Crippen LogP contribution >= 0.6 is 0 Å². The van der Waals surface area contributed by atoms with Crippen molar-refractivity contribution in [2.75, 3.05) is 0 Å². The molecular formula is C4H4N2O2S. The first-order valence-corrected chi connectivity index (χ1v) is 3.28. The van der Waals surface area contributed by atoms with Crippen LogP contribution in [0.3, 0.4) is 0 Å². The van der Waals surface area contributed by atoms with Crippen molar-refractivity contribution in [3.63, 3.8) is 0 Å². The molecule has 1 rings (SSSR count). The van der Waals surface area contributed by atoms with E-state index in [2.05, 4.69) is 9.97 Å². The zero-order chi connectivity index (χ0) is 6.69. The zero-order valence-corrected chi connectivity index (χ0v) is 5.21. The van der Waals surface area contributed by atoms with Crippen molar-refractivity contribution in [1.82, 2.24) is 9.97 Å². The van der Waals surface area contributed by atoms with Gasteiger partial charge in [0.25, 0.3) is 0 Å². The maximum absolute atomic E-state index is 10.2. The molecule has 0 aliphatic rings. The lowest BCUT2D eigenvalue weighted by Gasteiger charge is -1.87. The second kappa shape index (κ2) is 2.65. The van der Waals surface area contributed by atoms with Gasteiger partial charge in [-0.15, -0.1) is 0 Å². The first kappa shape index (κ1) is 6.31. The van der Waals surface area contributed by atoms with Crippen LogP contribution < -0.4 is 0 Å². The van der Waals surface area contributed by atoms with Crippen molar-refractivity contribution in [2.24, 2.45) is 0 Å². The molecule has 0 amide bonds. The summed E-state index contributed by atoms with van der Waals surface area (Å²) >= 11 is -1.98. The lowest BCUT2D eigenvalue weighted by atomic mass is 10.7. The molecule has 1 unspecified atom stereocenters. The summed E-state index contributed by atoms with van der Waals surface area (Å²) in [4.78, 5) is 7.09. The van der Waals surface area contributed by atoms with Gasteiger partial charge in [-0.25, -0.2) is 14.2 Å². The summed E-state index contributed by atoms with van der Waals surface area (Å²) in [7, 11) is 0. The third kappa shape index (κ3) is 1.55. The van der Waals surface area contributed by atoms with Crippen molar-refractivity contribution in [3.05, 3.63) is 18.6 Å². The minimum absolute atomic E-state index is 0.130. The molecule has 5 heteroatoms. The van der Waals surface area contributed by atoms with Gasteiger partial charge in [0.15, 0.2) is 5.03 Å². The molecule has 48 valence electrons. The van der Waals surface area contributed by atoms with E-state index in [1.165, 1.54) is 18.6 Å². The van der Waals surface area contributed by atoms with E-state index in [0.29, 0.717) is 0 Å². The van der Waals surface area contributed by atoms with Crippen molar-refractivity contribution in [3.8, 4) is 0 Å². The standard InChI is InChI=1S/C4H4N2O2S/c7-9(8)4-1-2-5-3-6-4/h1-3H,(H,7,8). The molecule has 0 aliphatic carbocycles. The Bertz CT molecular complexity index is 213. The van der Waals surface area contributed by atoms with Gasteiger partial charge in [0.05, 0.1) is 0 Å². The highest BCUT2D eigenvalue weighted by Gasteiger charge is 1.96. The molecule has 0 saturated carbocycles. The molecule has 9 heavy (non-hydrogen) atoms. The Kier molecular flexibility index (Phi) is 1.86. The molecule has 1 atom stereocenters. The van der Waals surface area contributed by atoms with E-state index in [-0.39, 0.29) is 5.03 Å². The van der Waals surface area contributed by atoms with Crippen molar-refractivity contribution < 1.29 is 8.76 Å². The van der Waals surface area contributed by atoms with E-state index in [1.54, 1.807) is 0 Å². The van der Waals surface area contributed by atoms with Gasteiger partial charge in [0, 0.05) is 6.20 Å². The van der Waals surface area contributed by atoms with E-state index >= 15 is 0 Å². The second-order valence-electron chi connectivity index (χ2n) is 1.30. The van der Waals surface area contributed by atoms with E-state index in [9.17, 15) is 4.21 Å². The molecule has 1 aromatic heterocycles. The average molecular weight is 144 g/mol. The molecule has 0 aliphatic heterocycles. The van der Waals surface area contributed by atoms with Crippen LogP contribution in [-0.2, 0) is 11.1 Å². The van der Waals surface area contributed by atoms with Crippen LogP contribution in [0, 0.1) is 0 Å². The van der Waals surface area contributed by atoms with Gasteiger partial charge in [0.1, 0.15) is 6.33 Å². The Morgan fingerprint density at radius 1 is 1.67 bits per heavy atom. The minimum atomic E-state index is -1.98. The molecule has 0 spiro atoms. The molecule has 0 saturated heterocycles. The Morgan fingerprint density at radius 2 is 2.44 bits per heavy atom. The highest BCUT2D eigenvalue weighted by atomic mass is 32.2. The molecule has 0 aromatic carbocycles. The van der Waals surface area contributed by atoms with Gasteiger partial charge in [-0.2, -0.15) is 0 Å². The summed E-state index contributed by atoms with van der Waals surface area (Å²) in [5, 5.41) is 0.130. The summed E-state index contributed by atoms with van der Waals surface area (Å²) in [6, 6.07) is 1.39. The molecule has 1 heterocycles. The van der Waals surface area contributed by atoms with Crippen molar-refractivity contribution >= 4 is 11.1 Å². The number of nitrogens with zero attached hydrogens (tertiary/aromatic N) is 2. The van der Waals surface area contributed by atoms with E-state index < -0.39 is 11.1 Å². The lowest BCUT2D eigenvalue weighted by molar-refractivity contribution is 0.560. The third-order valence-corrected chi connectivity index (χ3v) is 1.33. The van der Waals surface area contributed by atoms with Crippen molar-refractivity contribution in [1.29, 1.82) is 0 Å². The van der Waals surface area contributed by atoms with Crippen LogP contribution in [0.15, 0.2) is 23.6 Å². The van der Waals surface area contributed by atoms with Crippen LogP contribution in [0.5, 0.6) is 0 Å². The highest BCUT2D eigenvalue weighted by molar-refractivity contribution is 7.79. The Morgan fingerprint density at radius 3 is 2.78 bits per heavy atom. The monoisotopic (exact) mass is 144 g/mol. The molecule has 4 nitrogen and oxygen atoms in total. The fourth-order valence-corrected chi connectivity index (χ4v) is 0.696. The van der Waals surface area contributed by atoms with Gasteiger partial charge in [-0.3, -0.25) is 0 Å². The minimum Gasteiger partial charge on any atom is -0.301 e. The van der Waals surface area contributed by atoms with E-state index in [0.717, 1.165) is 0 Å². The van der Waals surface area contributed by atoms with Crippen molar-refractivity contribution in [2.45, 2.75) is 5.03 Å². The fraction of sp³-hybridized carbons (Fsp3) is 0. The quantitative estimate of drug-likeness (QED) is 0.447. The summed E-state index contributed by atoms with van der Waals surface area (Å²) < 4.78 is 18.6. The maximum atomic E-state index is 10.2. The van der Waals surface area contributed by atoms with E-state index in [1.807, 2.05) is 0 Å². The fourth-order valence-electron chi connectivity index (χ4n) is 0.382. The van der Waals surface area contributed by atoms with Gasteiger partial charge in [0.2, 0.25) is 11.1 Å². The lowest BCUT2D eigenvalue weighted by Crippen LogP contribution is -1.91. The normalized spacial score (nSPS) is 13.0. The first-order chi connectivity index (χ1) is 4.30. The van der Waals surface area contributed by atoms with E-state index in [4.69, 9.17) is 4.55 Å². The molecule has 1 aromatic rings. The Balaban J connectivity index is 2.98. The summed E-state index contributed by atoms with van der Waals surface area (Å²) in [5.41, 5.74) is 0. The van der Waals surface area contributed by atoms with Crippen LogP contribution in [-0.4, -0.2) is 18.7 Å². The number of hydrogen-bond acceptors (Lipinski definition) is 3. The topological polar surface area (TPSA) is 63.1 Å². The SMILES string of the molecule is O=S(O)c1ccncn1. The molecule has 0 bridgehead atoms. The second-order valence-corrected chi connectivity index (χ2v) is 2.21.